The molecule has 0 unspecified atom stereocenters. The summed E-state index contributed by atoms with van der Waals surface area (Å²) in [6.07, 6.45) is 8.31. The van der Waals surface area contributed by atoms with Crippen molar-refractivity contribution in [3.05, 3.63) is 70.6 Å². The highest BCUT2D eigenvalue weighted by atomic mass is 35.5. The molecule has 11 nitrogen and oxygen atoms in total. The van der Waals surface area contributed by atoms with Gasteiger partial charge in [-0.3, -0.25) is 24.6 Å². The number of aromatic nitrogens is 2. The third-order valence-corrected chi connectivity index (χ3v) is 6.69. The van der Waals surface area contributed by atoms with E-state index >= 15 is 0 Å². The van der Waals surface area contributed by atoms with E-state index in [4.69, 9.17) is 28.5 Å². The van der Waals surface area contributed by atoms with Gasteiger partial charge < -0.3 is 15.6 Å². The van der Waals surface area contributed by atoms with E-state index < -0.39 is 49.0 Å². The molecule has 1 aromatic carbocycles. The lowest BCUT2D eigenvalue weighted by atomic mass is 9.97. The van der Waals surface area contributed by atoms with E-state index in [1.807, 2.05) is 0 Å². The number of esters is 1. The molecule has 0 spiro atoms. The van der Waals surface area contributed by atoms with E-state index in [2.05, 4.69) is 16.4 Å². The molecular weight excluding hydrogens is 593 g/mol. The number of Topliss-reactive ketones (excluding diaryl/α,β-unsaturated/α-hetero) is 1. The van der Waals surface area contributed by atoms with E-state index in [-0.39, 0.29) is 36.3 Å². The summed E-state index contributed by atoms with van der Waals surface area (Å²) in [4.78, 5) is 49.3. The molecule has 13 heteroatoms. The molecule has 1 amide bonds. The number of benzene rings is 1. The number of rotatable bonds is 16. The molecule has 236 valence electrons. The van der Waals surface area contributed by atoms with Crippen LogP contribution in [0.2, 0.25) is 0 Å². The Morgan fingerprint density at radius 3 is 2.43 bits per heavy atom. The van der Waals surface area contributed by atoms with Gasteiger partial charge in [-0.1, -0.05) is 57.0 Å². The topological polar surface area (TPSA) is 157 Å². The van der Waals surface area contributed by atoms with Gasteiger partial charge in [0.25, 0.3) is 5.91 Å². The second-order valence-corrected chi connectivity index (χ2v) is 10.6. The minimum absolute atomic E-state index is 0.0345. The number of alkyl halides is 2. The smallest absolute Gasteiger partial charge is 0.324 e. The largest absolute Gasteiger partial charge is 0.481 e. The predicted octanol–water partition coefficient (Wildman–Crippen LogP) is 3.59. The number of carboxylic acids is 1. The van der Waals surface area contributed by atoms with Gasteiger partial charge in [0.2, 0.25) is 0 Å². The van der Waals surface area contributed by atoms with E-state index in [9.17, 15) is 28.7 Å². The number of halogens is 2. The molecule has 1 aromatic heterocycles. The van der Waals surface area contributed by atoms with Crippen LogP contribution in [0, 0.1) is 24.2 Å². The van der Waals surface area contributed by atoms with Crippen molar-refractivity contribution in [1.29, 1.82) is 0 Å². The fourth-order valence-electron chi connectivity index (χ4n) is 3.93. The summed E-state index contributed by atoms with van der Waals surface area (Å²) in [6, 6.07) is 7.30. The highest BCUT2D eigenvalue weighted by Crippen LogP contribution is 2.25. The van der Waals surface area contributed by atoms with Crippen LogP contribution in [-0.4, -0.2) is 68.7 Å². The molecule has 2 atom stereocenters. The number of hydrazine groups is 1. The van der Waals surface area contributed by atoms with Crippen molar-refractivity contribution >= 4 is 40.8 Å². The minimum Gasteiger partial charge on any atom is -0.481 e. The SMILES string of the molecule is C#C/C=C(CF)\C(=C/CCl)c1ccc(CN(C[C@@H](C)C(=O)O)NC(=O)c2cc(C(C)=O)nn2COC(=O)[C@@H](N)C(C)C)cc1. The number of ketones is 1. The van der Waals surface area contributed by atoms with Gasteiger partial charge in [0.1, 0.15) is 24.1 Å². The average Bonchev–Trinajstić information content (AvgIpc) is 3.42. The van der Waals surface area contributed by atoms with Gasteiger partial charge in [-0.2, -0.15) is 5.10 Å². The van der Waals surface area contributed by atoms with Gasteiger partial charge >= 0.3 is 11.9 Å². The normalized spacial score (nSPS) is 13.4. The van der Waals surface area contributed by atoms with Crippen LogP contribution in [0.5, 0.6) is 0 Å². The molecule has 0 saturated heterocycles. The number of carbonyl (C=O) groups excluding carboxylic acids is 3. The number of allylic oxidation sites excluding steroid dienone is 4. The molecule has 0 fully saturated rings. The lowest BCUT2D eigenvalue weighted by Gasteiger charge is -2.25. The maximum Gasteiger partial charge on any atom is 0.324 e. The number of carboxylic acid groups (broad SMARTS) is 1. The van der Waals surface area contributed by atoms with Crippen LogP contribution in [0.15, 0.2) is 48.1 Å². The standard InChI is InChI=1S/C31H37ClFN5O6/c1-6-7-24(15-33)25(12-13-32)23-10-8-22(9-11-23)17-37(16-20(4)30(41)42)36-29(40)27-14-26(21(5)39)35-38(27)18-44-31(43)28(34)19(2)3/h1,7-12,14,19-20,28H,13,15-18,34H2,2-5H3,(H,36,40)(H,41,42)/b24-7-,25-12-/t20-,28+/m1/s1. The van der Waals surface area contributed by atoms with Crippen molar-refractivity contribution in [3.8, 4) is 12.3 Å². The van der Waals surface area contributed by atoms with Gasteiger partial charge in [0.05, 0.1) is 5.92 Å². The lowest BCUT2D eigenvalue weighted by Crippen LogP contribution is -2.45. The summed E-state index contributed by atoms with van der Waals surface area (Å²) in [5.74, 6) is -1.53. The number of hydrogen-bond donors (Lipinski definition) is 3. The highest BCUT2D eigenvalue weighted by Gasteiger charge is 2.24. The van der Waals surface area contributed by atoms with Crippen LogP contribution in [-0.2, 0) is 27.6 Å². The zero-order valence-electron chi connectivity index (χ0n) is 25.0. The number of aliphatic carboxylic acids is 1. The highest BCUT2D eigenvalue weighted by molar-refractivity contribution is 6.19. The summed E-state index contributed by atoms with van der Waals surface area (Å²) in [7, 11) is 0. The number of ether oxygens (including phenoxy) is 1. The van der Waals surface area contributed by atoms with Crippen molar-refractivity contribution in [1.82, 2.24) is 20.2 Å². The van der Waals surface area contributed by atoms with Crippen LogP contribution in [0.1, 0.15) is 59.8 Å². The van der Waals surface area contributed by atoms with Gasteiger partial charge in [-0.05, 0) is 34.3 Å². The summed E-state index contributed by atoms with van der Waals surface area (Å²) >= 11 is 5.88. The summed E-state index contributed by atoms with van der Waals surface area (Å²) < 4.78 is 19.9. The van der Waals surface area contributed by atoms with E-state index in [0.29, 0.717) is 22.3 Å². The molecule has 0 bridgehead atoms. The van der Waals surface area contributed by atoms with Crippen molar-refractivity contribution in [2.75, 3.05) is 19.1 Å². The number of amides is 1. The fraction of sp³-hybridized carbons (Fsp3) is 0.387. The summed E-state index contributed by atoms with van der Waals surface area (Å²) in [6.45, 7) is 5.00. The Hall–Kier alpha value is -4.31. The van der Waals surface area contributed by atoms with E-state index in [1.165, 1.54) is 31.0 Å². The maximum atomic E-state index is 13.6. The molecule has 0 aliphatic carbocycles. The Balaban J connectivity index is 2.35. The number of carbonyl (C=O) groups is 4. The van der Waals surface area contributed by atoms with E-state index in [0.717, 1.165) is 4.68 Å². The fourth-order valence-corrected chi connectivity index (χ4v) is 4.09. The second-order valence-electron chi connectivity index (χ2n) is 10.3. The molecule has 4 N–H and O–H groups in total. The molecule has 0 aliphatic rings. The van der Waals surface area contributed by atoms with Gasteiger partial charge in [-0.25, -0.2) is 14.1 Å². The number of nitrogens with one attached hydrogen (secondary N) is 1. The van der Waals surface area contributed by atoms with Gasteiger partial charge in [-0.15, -0.1) is 18.0 Å². The molecule has 1 heterocycles. The molecule has 44 heavy (non-hydrogen) atoms. The van der Waals surface area contributed by atoms with Crippen molar-refractivity contribution in [3.63, 3.8) is 0 Å². The Labute approximate surface area is 260 Å². The Morgan fingerprint density at radius 2 is 1.91 bits per heavy atom. The molecule has 2 rings (SSSR count). The van der Waals surface area contributed by atoms with Crippen molar-refractivity contribution < 1.29 is 33.4 Å². The first-order valence-electron chi connectivity index (χ1n) is 13.7. The molecule has 0 aliphatic heterocycles. The quantitative estimate of drug-likeness (QED) is 0.0630. The predicted molar refractivity (Wildman–Crippen MR) is 164 cm³/mol. The zero-order chi connectivity index (χ0) is 33.0. The van der Waals surface area contributed by atoms with Crippen LogP contribution >= 0.6 is 11.6 Å². The first kappa shape index (κ1) is 35.9. The molecule has 0 saturated carbocycles. The van der Waals surface area contributed by atoms with Gasteiger partial charge in [0.15, 0.2) is 12.5 Å². The number of terminal acetylenes is 1. The second kappa shape index (κ2) is 17.1. The summed E-state index contributed by atoms with van der Waals surface area (Å²) in [5, 5.41) is 15.0. The van der Waals surface area contributed by atoms with Crippen LogP contribution < -0.4 is 11.2 Å². The molecule has 0 radical (unpaired) electrons. The number of nitrogens with zero attached hydrogens (tertiary/aromatic N) is 3. The monoisotopic (exact) mass is 629 g/mol. The maximum absolute atomic E-state index is 13.6. The number of hydrogen-bond acceptors (Lipinski definition) is 8. The Kier molecular flexibility index (Phi) is 13.9. The first-order valence-corrected chi connectivity index (χ1v) is 14.2. The lowest BCUT2D eigenvalue weighted by molar-refractivity contribution is -0.150. The zero-order valence-corrected chi connectivity index (χ0v) is 25.8. The van der Waals surface area contributed by atoms with E-state index in [1.54, 1.807) is 44.2 Å². The molecular formula is C31H37ClFN5O6. The van der Waals surface area contributed by atoms with Crippen molar-refractivity contribution in [2.24, 2.45) is 17.6 Å². The Bertz CT molecular complexity index is 1440. The third kappa shape index (κ3) is 10.2. The summed E-state index contributed by atoms with van der Waals surface area (Å²) in [5.41, 5.74) is 10.6. The van der Waals surface area contributed by atoms with Gasteiger partial charge in [0, 0.05) is 32.0 Å². The minimum atomic E-state index is -1.08. The molecule has 2 aromatic rings. The van der Waals surface area contributed by atoms with Crippen LogP contribution in [0.4, 0.5) is 4.39 Å². The average molecular weight is 630 g/mol. The van der Waals surface area contributed by atoms with Crippen molar-refractivity contribution in [2.45, 2.75) is 47.0 Å². The third-order valence-electron chi connectivity index (χ3n) is 6.54. The van der Waals surface area contributed by atoms with Crippen LogP contribution in [0.25, 0.3) is 5.57 Å². The van der Waals surface area contributed by atoms with Crippen LogP contribution in [0.3, 0.4) is 0 Å². The number of nitrogens with two attached hydrogens (primary N) is 1. The first-order chi connectivity index (χ1) is 20.8. The Morgan fingerprint density at radius 1 is 1.25 bits per heavy atom.